The molecule has 30 heavy (non-hydrogen) atoms. The van der Waals surface area contributed by atoms with Gasteiger partial charge >= 0.3 is 0 Å². The molecule has 1 N–H and O–H groups in total. The summed E-state index contributed by atoms with van der Waals surface area (Å²) in [5, 5.41) is 7.97. The van der Waals surface area contributed by atoms with Crippen LogP contribution in [0.4, 0.5) is 5.69 Å². The molecule has 1 aromatic heterocycles. The number of nitrogens with zero attached hydrogens (tertiary/aromatic N) is 3. The number of hydrogen-bond donors (Lipinski definition) is 1. The van der Waals surface area contributed by atoms with Gasteiger partial charge < -0.3 is 5.32 Å². The molecule has 4 aromatic rings. The van der Waals surface area contributed by atoms with Gasteiger partial charge in [-0.15, -0.1) is 5.10 Å². The van der Waals surface area contributed by atoms with E-state index in [0.717, 1.165) is 27.9 Å². The van der Waals surface area contributed by atoms with Gasteiger partial charge in [0.05, 0.1) is 5.69 Å². The molecule has 1 heterocycles. The van der Waals surface area contributed by atoms with Gasteiger partial charge in [-0.25, -0.2) is 9.67 Å². The summed E-state index contributed by atoms with van der Waals surface area (Å²) in [7, 11) is 0. The van der Waals surface area contributed by atoms with Crippen molar-refractivity contribution < 1.29 is 4.79 Å². The van der Waals surface area contributed by atoms with Crippen molar-refractivity contribution >= 4 is 23.2 Å². The highest BCUT2D eigenvalue weighted by atomic mass is 35.5. The number of benzene rings is 3. The second-order valence-electron chi connectivity index (χ2n) is 7.24. The quantitative estimate of drug-likeness (QED) is 0.459. The predicted molar refractivity (Wildman–Crippen MR) is 120 cm³/mol. The van der Waals surface area contributed by atoms with E-state index in [4.69, 9.17) is 11.6 Å². The Morgan fingerprint density at radius 2 is 1.67 bits per heavy atom. The van der Waals surface area contributed by atoms with Crippen LogP contribution in [0, 0.1) is 20.8 Å². The van der Waals surface area contributed by atoms with E-state index in [1.54, 1.807) is 16.8 Å². The van der Waals surface area contributed by atoms with Crippen LogP contribution in [-0.2, 0) is 0 Å². The fourth-order valence-corrected chi connectivity index (χ4v) is 3.35. The number of carbonyl (C=O) groups is 1. The van der Waals surface area contributed by atoms with Gasteiger partial charge in [0.15, 0.2) is 5.82 Å². The van der Waals surface area contributed by atoms with E-state index in [-0.39, 0.29) is 11.7 Å². The van der Waals surface area contributed by atoms with Crippen molar-refractivity contribution in [3.05, 3.63) is 94.3 Å². The summed E-state index contributed by atoms with van der Waals surface area (Å²) in [5.41, 5.74) is 5.48. The fraction of sp³-hybridized carbons (Fsp3) is 0.125. The molecule has 4 rings (SSSR count). The highest BCUT2D eigenvalue weighted by Crippen LogP contribution is 2.25. The van der Waals surface area contributed by atoms with Gasteiger partial charge in [-0.2, -0.15) is 0 Å². The van der Waals surface area contributed by atoms with E-state index in [2.05, 4.69) is 15.4 Å². The summed E-state index contributed by atoms with van der Waals surface area (Å²) in [6.45, 7) is 5.94. The van der Waals surface area contributed by atoms with Gasteiger partial charge in [-0.3, -0.25) is 4.79 Å². The summed E-state index contributed by atoms with van der Waals surface area (Å²) in [6.07, 6.45) is 0. The summed E-state index contributed by atoms with van der Waals surface area (Å²) in [5.74, 6) is 0.312. The van der Waals surface area contributed by atoms with Crippen molar-refractivity contribution in [3.8, 4) is 17.1 Å². The number of carbonyl (C=O) groups excluding carboxylic acids is 1. The molecule has 0 unspecified atom stereocenters. The Bertz CT molecular complexity index is 1230. The zero-order valence-corrected chi connectivity index (χ0v) is 17.7. The maximum Gasteiger partial charge on any atom is 0.295 e. The Labute approximate surface area is 180 Å². The molecule has 150 valence electrons. The monoisotopic (exact) mass is 416 g/mol. The lowest BCUT2D eigenvalue weighted by atomic mass is 10.1. The molecule has 0 spiro atoms. The van der Waals surface area contributed by atoms with Crippen molar-refractivity contribution in [1.29, 1.82) is 0 Å². The predicted octanol–water partition coefficient (Wildman–Crippen LogP) is 5.77. The summed E-state index contributed by atoms with van der Waals surface area (Å²) in [6, 6.07) is 21.2. The number of amides is 1. The molecular formula is C24H21ClN4O. The minimum absolute atomic E-state index is 0.0909. The van der Waals surface area contributed by atoms with E-state index in [9.17, 15) is 4.79 Å². The van der Waals surface area contributed by atoms with Crippen LogP contribution >= 0.6 is 11.6 Å². The van der Waals surface area contributed by atoms with Gasteiger partial charge in [0.25, 0.3) is 5.91 Å². The van der Waals surface area contributed by atoms with Crippen molar-refractivity contribution in [1.82, 2.24) is 14.8 Å². The molecule has 6 heteroatoms. The van der Waals surface area contributed by atoms with Crippen LogP contribution in [0.25, 0.3) is 17.1 Å². The van der Waals surface area contributed by atoms with Crippen LogP contribution in [0.5, 0.6) is 0 Å². The number of nitrogens with one attached hydrogen (secondary N) is 1. The number of hydrogen-bond acceptors (Lipinski definition) is 3. The van der Waals surface area contributed by atoms with E-state index >= 15 is 0 Å². The highest BCUT2D eigenvalue weighted by Gasteiger charge is 2.20. The maximum atomic E-state index is 13.0. The Balaban J connectivity index is 1.79. The molecule has 1 amide bonds. The molecule has 3 aromatic carbocycles. The van der Waals surface area contributed by atoms with Gasteiger partial charge in [-0.05, 0) is 50.1 Å². The molecule has 0 fully saturated rings. The molecule has 0 atom stereocenters. The van der Waals surface area contributed by atoms with Gasteiger partial charge in [0.1, 0.15) is 0 Å². The first-order chi connectivity index (χ1) is 14.4. The number of aryl methyl sites for hydroxylation is 3. The smallest absolute Gasteiger partial charge is 0.295 e. The molecule has 0 bridgehead atoms. The van der Waals surface area contributed by atoms with Gasteiger partial charge in [-0.1, -0.05) is 65.7 Å². The first kappa shape index (κ1) is 19.9. The van der Waals surface area contributed by atoms with Crippen molar-refractivity contribution in [3.63, 3.8) is 0 Å². The van der Waals surface area contributed by atoms with E-state index in [1.165, 1.54) is 0 Å². The third-order valence-electron chi connectivity index (χ3n) is 4.91. The third-order valence-corrected chi connectivity index (χ3v) is 5.15. The molecule has 0 radical (unpaired) electrons. The zero-order valence-electron chi connectivity index (χ0n) is 17.0. The number of para-hydroxylation sites is 1. The number of aromatic nitrogens is 3. The normalized spacial score (nSPS) is 10.8. The summed E-state index contributed by atoms with van der Waals surface area (Å²) >= 11 is 6.08. The highest BCUT2D eigenvalue weighted by molar-refractivity contribution is 6.31. The summed E-state index contributed by atoms with van der Waals surface area (Å²) in [4.78, 5) is 17.5. The minimum Gasteiger partial charge on any atom is -0.319 e. The molecule has 0 saturated heterocycles. The van der Waals surface area contributed by atoms with E-state index in [1.807, 2.05) is 75.4 Å². The Kier molecular flexibility index (Phi) is 5.38. The SMILES string of the molecule is Cc1ccc(-c2nc(C(=O)Nc3cc(Cl)ccc3C)nn2-c2ccccc2C)cc1. The number of rotatable bonds is 4. The Morgan fingerprint density at radius 1 is 0.933 bits per heavy atom. The first-order valence-corrected chi connectivity index (χ1v) is 9.98. The van der Waals surface area contributed by atoms with E-state index < -0.39 is 0 Å². The van der Waals surface area contributed by atoms with Crippen LogP contribution in [0.2, 0.25) is 5.02 Å². The molecule has 0 saturated carbocycles. The lowest BCUT2D eigenvalue weighted by Crippen LogP contribution is -2.15. The fourth-order valence-electron chi connectivity index (χ4n) is 3.17. The average molecular weight is 417 g/mol. The zero-order chi connectivity index (χ0) is 21.3. The lowest BCUT2D eigenvalue weighted by Gasteiger charge is -2.09. The third kappa shape index (κ3) is 3.98. The average Bonchev–Trinajstić information content (AvgIpc) is 3.17. The first-order valence-electron chi connectivity index (χ1n) is 9.60. The molecule has 5 nitrogen and oxygen atoms in total. The second kappa shape index (κ2) is 8.13. The van der Waals surface area contributed by atoms with Crippen LogP contribution < -0.4 is 5.32 Å². The van der Waals surface area contributed by atoms with Crippen molar-refractivity contribution in [2.45, 2.75) is 20.8 Å². The second-order valence-corrected chi connectivity index (χ2v) is 7.67. The summed E-state index contributed by atoms with van der Waals surface area (Å²) < 4.78 is 1.72. The number of halogens is 1. The molecule has 0 aliphatic carbocycles. The van der Waals surface area contributed by atoms with Gasteiger partial charge in [0, 0.05) is 16.3 Å². The molecule has 0 aliphatic rings. The minimum atomic E-state index is -0.388. The van der Waals surface area contributed by atoms with Crippen LogP contribution in [0.3, 0.4) is 0 Å². The van der Waals surface area contributed by atoms with Gasteiger partial charge in [0.2, 0.25) is 5.82 Å². The maximum absolute atomic E-state index is 13.0. The number of anilines is 1. The van der Waals surface area contributed by atoms with Crippen LogP contribution in [-0.4, -0.2) is 20.7 Å². The topological polar surface area (TPSA) is 59.8 Å². The largest absolute Gasteiger partial charge is 0.319 e. The lowest BCUT2D eigenvalue weighted by molar-refractivity contribution is 0.101. The Hall–Kier alpha value is -3.44. The van der Waals surface area contributed by atoms with Crippen LogP contribution in [0.1, 0.15) is 27.3 Å². The Morgan fingerprint density at radius 3 is 2.40 bits per heavy atom. The van der Waals surface area contributed by atoms with Crippen molar-refractivity contribution in [2.75, 3.05) is 5.32 Å². The standard InChI is InChI=1S/C24H21ClN4O/c1-15-8-11-18(12-9-15)23-27-22(28-29(23)21-7-5-4-6-17(21)3)24(30)26-20-14-19(25)13-10-16(20)2/h4-14H,1-3H3,(H,26,30). The molecule has 0 aliphatic heterocycles. The van der Waals surface area contributed by atoms with E-state index in [0.29, 0.717) is 16.5 Å². The molecular weight excluding hydrogens is 396 g/mol. The van der Waals surface area contributed by atoms with Crippen LogP contribution in [0.15, 0.2) is 66.7 Å². The van der Waals surface area contributed by atoms with Crippen molar-refractivity contribution in [2.24, 2.45) is 0 Å².